The van der Waals surface area contributed by atoms with Gasteiger partial charge in [0.05, 0.1) is 31.0 Å². The number of carbonyl (C=O) groups excluding carboxylic acids is 5. The number of nitrogens with zero attached hydrogens (tertiary/aromatic N) is 3. The number of amides is 1. The van der Waals surface area contributed by atoms with Crippen molar-refractivity contribution >= 4 is 29.2 Å². The number of methoxy groups -OCH3 is 3. The molecule has 448 valence electrons. The minimum Gasteiger partial charge on any atom is -0.460 e. The molecule has 17 nitrogen and oxygen atoms in total. The van der Waals surface area contributed by atoms with E-state index in [-0.39, 0.29) is 73.5 Å². The standard InChI is InChI=1S/C65H89N3O14/c1-12-29-79-64-66-37-50(38-67-64)49-22-18-21-48(33-49)39-80-54-27-25-47(34-57(54)77-10)32-43(5)56-36-53(69)42(4)31-45(7)59(71)60(78-11)58(70)44(6)30-40(2)19-14-13-15-20-41(3)55(76-9)35-51-26-24-46(8)65(75,82-51)61(72)62(73)68-28-17-16-23-52(68)63(74)81-56/h1,13-15,18-22,31,33,37-38,40,42-44,46-47,51-52,54-57,59-60,71,75H,16-17,23-30,32,34-36,39H2,2-11H3/b15-13+,19-14+,41-20+,45-31+/t40-,42-,43-,44-,46-,47+,51+,52+,54-,55+,56+,57-,59-,60+,65-/m1/s1. The number of aliphatic hydroxyl groups is 2. The van der Waals surface area contributed by atoms with Crippen LogP contribution in [0.15, 0.2) is 84.3 Å². The van der Waals surface area contributed by atoms with Crippen molar-refractivity contribution in [2.75, 3.05) is 34.5 Å². The van der Waals surface area contributed by atoms with E-state index < -0.39 is 77.8 Å². The number of allylic oxidation sites excluding steroid dienone is 6. The van der Waals surface area contributed by atoms with E-state index in [0.717, 1.165) is 28.7 Å². The summed E-state index contributed by atoms with van der Waals surface area (Å²) in [6, 6.07) is 6.98. The first-order valence-electron chi connectivity index (χ1n) is 29.3. The first kappa shape index (κ1) is 65.4. The number of piperidine rings is 1. The largest absolute Gasteiger partial charge is 0.460 e. The fraction of sp³-hybridized carbons (Fsp3) is 0.615. The first-order chi connectivity index (χ1) is 39.2. The number of ketones is 3. The van der Waals surface area contributed by atoms with Crippen LogP contribution in [0.5, 0.6) is 6.01 Å². The molecule has 1 aromatic heterocycles. The van der Waals surface area contributed by atoms with Gasteiger partial charge in [-0.3, -0.25) is 19.2 Å². The summed E-state index contributed by atoms with van der Waals surface area (Å²) in [7, 11) is 4.63. The smallest absolute Gasteiger partial charge is 0.329 e. The Morgan fingerprint density at radius 2 is 1.62 bits per heavy atom. The van der Waals surface area contributed by atoms with Crippen LogP contribution in [0.2, 0.25) is 0 Å². The second kappa shape index (κ2) is 31.3. The molecule has 1 aliphatic carbocycles. The Balaban J connectivity index is 1.23. The van der Waals surface area contributed by atoms with Crippen LogP contribution in [0.25, 0.3) is 11.1 Å². The van der Waals surface area contributed by atoms with Crippen LogP contribution in [0, 0.1) is 47.9 Å². The Hall–Kier alpha value is -5.71. The summed E-state index contributed by atoms with van der Waals surface area (Å²) in [6.07, 6.45) is 20.4. The minimum absolute atomic E-state index is 0.00413. The normalized spacial score (nSPS) is 34.3. The molecule has 0 unspecified atom stereocenters. The SMILES string of the molecule is C#CCOc1ncc(-c2cccc(CO[C@@H]3CC[C@@H](C[C@@H](C)[C@@H]4CC(=O)[C@H](C)/C=C(\C)[C@@H](O)[C@@H](OC)C(=O)[C@H](C)C[C@H](C)/C=C/C=C/C=C(\C)[C@@H](OC)C[C@@H]5CC[C@@H](C)[C@@](O)(O5)C(=O)C(=O)N5CCCC[C@H]5C(=O)O4)C[C@H]3OC)c2)cn1. The van der Waals surface area contributed by atoms with Crippen molar-refractivity contribution < 1.29 is 67.3 Å². The molecule has 0 spiro atoms. The van der Waals surface area contributed by atoms with E-state index in [2.05, 4.69) is 15.9 Å². The number of benzene rings is 1. The summed E-state index contributed by atoms with van der Waals surface area (Å²) < 4.78 is 42.0. The molecule has 17 heteroatoms. The molecule has 2 aromatic rings. The van der Waals surface area contributed by atoms with E-state index >= 15 is 0 Å². The summed E-state index contributed by atoms with van der Waals surface area (Å²) in [4.78, 5) is 81.6. The van der Waals surface area contributed by atoms with Gasteiger partial charge >= 0.3 is 12.0 Å². The zero-order valence-electron chi connectivity index (χ0n) is 49.8. The van der Waals surface area contributed by atoms with Crippen molar-refractivity contribution in [1.29, 1.82) is 0 Å². The molecule has 2 saturated heterocycles. The van der Waals surface area contributed by atoms with Gasteiger partial charge in [-0.15, -0.1) is 6.42 Å². The summed E-state index contributed by atoms with van der Waals surface area (Å²) in [5.41, 5.74) is 3.94. The maximum Gasteiger partial charge on any atom is 0.329 e. The highest BCUT2D eigenvalue weighted by atomic mass is 16.6. The molecule has 1 aromatic carbocycles. The fourth-order valence-corrected chi connectivity index (χ4v) is 12.0. The topological polar surface area (TPSA) is 219 Å². The van der Waals surface area contributed by atoms with Gasteiger partial charge in [0, 0.05) is 76.4 Å². The van der Waals surface area contributed by atoms with Crippen LogP contribution < -0.4 is 4.74 Å². The molecule has 2 bridgehead atoms. The van der Waals surface area contributed by atoms with Gasteiger partial charge in [-0.2, -0.15) is 0 Å². The molecule has 1 amide bonds. The zero-order valence-corrected chi connectivity index (χ0v) is 49.8. The van der Waals surface area contributed by atoms with Crippen LogP contribution in [-0.2, 0) is 59.0 Å². The molecule has 6 rings (SSSR count). The number of hydrogen-bond donors (Lipinski definition) is 2. The van der Waals surface area contributed by atoms with Crippen LogP contribution >= 0.6 is 0 Å². The van der Waals surface area contributed by atoms with Crippen LogP contribution in [0.3, 0.4) is 0 Å². The second-order valence-corrected chi connectivity index (χ2v) is 23.3. The van der Waals surface area contributed by atoms with Gasteiger partial charge in [0.25, 0.3) is 11.7 Å². The Kier molecular flexibility index (Phi) is 24.9. The molecule has 3 fully saturated rings. The van der Waals surface area contributed by atoms with Crippen molar-refractivity contribution in [2.45, 2.75) is 187 Å². The molecular formula is C65H89N3O14. The summed E-state index contributed by atoms with van der Waals surface area (Å²) in [5, 5.41) is 23.7. The molecule has 0 radical (unpaired) electrons. The number of hydrogen-bond acceptors (Lipinski definition) is 16. The predicted octanol–water partition coefficient (Wildman–Crippen LogP) is 8.87. The summed E-state index contributed by atoms with van der Waals surface area (Å²) in [6.45, 7) is 13.2. The number of ether oxygens (including phenoxy) is 7. The van der Waals surface area contributed by atoms with Gasteiger partial charge in [0.1, 0.15) is 30.1 Å². The Bertz CT molecular complexity index is 2640. The lowest BCUT2D eigenvalue weighted by Gasteiger charge is -2.42. The van der Waals surface area contributed by atoms with E-state index in [1.165, 1.54) is 12.0 Å². The van der Waals surface area contributed by atoms with Gasteiger partial charge in [-0.1, -0.05) is 95.2 Å². The van der Waals surface area contributed by atoms with Crippen molar-refractivity contribution in [3.63, 3.8) is 0 Å². The van der Waals surface area contributed by atoms with E-state index in [1.807, 2.05) is 82.3 Å². The number of carbonyl (C=O) groups is 5. The Labute approximate surface area is 485 Å². The van der Waals surface area contributed by atoms with Crippen LogP contribution in [0.1, 0.15) is 131 Å². The lowest BCUT2D eigenvalue weighted by Crippen LogP contribution is -2.61. The van der Waals surface area contributed by atoms with Gasteiger partial charge < -0.3 is 48.3 Å². The summed E-state index contributed by atoms with van der Waals surface area (Å²) >= 11 is 0. The number of aliphatic hydroxyl groups excluding tert-OH is 1. The van der Waals surface area contributed by atoms with Gasteiger partial charge in [-0.25, -0.2) is 14.8 Å². The highest BCUT2D eigenvalue weighted by molar-refractivity contribution is 6.39. The third-order valence-electron chi connectivity index (χ3n) is 17.1. The number of esters is 1. The third kappa shape index (κ3) is 17.4. The molecule has 82 heavy (non-hydrogen) atoms. The molecular weight excluding hydrogens is 1050 g/mol. The molecule has 15 atom stereocenters. The molecule has 4 aliphatic rings. The predicted molar refractivity (Wildman–Crippen MR) is 310 cm³/mol. The highest BCUT2D eigenvalue weighted by Gasteiger charge is 2.53. The molecule has 3 aliphatic heterocycles. The van der Waals surface area contributed by atoms with Crippen LogP contribution in [0.4, 0.5) is 0 Å². The summed E-state index contributed by atoms with van der Waals surface area (Å²) in [5.74, 6) is -5.73. The fourth-order valence-electron chi connectivity index (χ4n) is 12.0. The third-order valence-corrected chi connectivity index (χ3v) is 17.1. The maximum atomic E-state index is 14.7. The van der Waals surface area contributed by atoms with Crippen LogP contribution in [-0.4, -0.2) is 143 Å². The average molecular weight is 1140 g/mol. The van der Waals surface area contributed by atoms with Crippen molar-refractivity contribution in [3.8, 4) is 29.5 Å². The molecule has 4 heterocycles. The van der Waals surface area contributed by atoms with Gasteiger partial charge in [0.15, 0.2) is 12.4 Å². The van der Waals surface area contributed by atoms with Crippen molar-refractivity contribution in [3.05, 3.63) is 89.8 Å². The van der Waals surface area contributed by atoms with E-state index in [4.69, 9.17) is 39.6 Å². The van der Waals surface area contributed by atoms with Crippen molar-refractivity contribution in [2.24, 2.45) is 35.5 Å². The van der Waals surface area contributed by atoms with E-state index in [1.54, 1.807) is 53.5 Å². The van der Waals surface area contributed by atoms with E-state index in [0.29, 0.717) is 70.0 Å². The molecule has 2 N–H and O–H groups in total. The number of terminal acetylenes is 1. The number of cyclic esters (lactones) is 1. The lowest BCUT2D eigenvalue weighted by molar-refractivity contribution is -0.265. The second-order valence-electron chi connectivity index (χ2n) is 23.3. The average Bonchev–Trinajstić information content (AvgIpc) is 3.27. The van der Waals surface area contributed by atoms with Gasteiger partial charge in [-0.05, 0) is 124 Å². The Morgan fingerprint density at radius 1 is 0.866 bits per heavy atom. The quantitative estimate of drug-likeness (QED) is 0.0877. The minimum atomic E-state index is -2.45. The maximum absolute atomic E-state index is 14.7. The van der Waals surface area contributed by atoms with E-state index in [9.17, 15) is 34.2 Å². The monoisotopic (exact) mass is 1140 g/mol. The number of rotatable bonds is 12. The molecule has 1 saturated carbocycles. The number of Topliss-reactive ketones (excluding diaryl/α,β-unsaturated/α-hetero) is 3. The zero-order chi connectivity index (χ0) is 59.7. The van der Waals surface area contributed by atoms with Crippen molar-refractivity contribution in [1.82, 2.24) is 14.9 Å². The number of fused-ring (bicyclic) bond motifs is 3. The number of aromatic nitrogens is 2. The first-order valence-corrected chi connectivity index (χ1v) is 29.3. The lowest BCUT2D eigenvalue weighted by atomic mass is 9.78. The highest BCUT2D eigenvalue weighted by Crippen LogP contribution is 2.38. The van der Waals surface area contributed by atoms with Gasteiger partial charge in [0.2, 0.25) is 5.79 Å². The Morgan fingerprint density at radius 3 is 2.33 bits per heavy atom.